The maximum atomic E-state index is 8.74. The van der Waals surface area contributed by atoms with Gasteiger partial charge < -0.3 is 10.2 Å². The van der Waals surface area contributed by atoms with Gasteiger partial charge in [0.15, 0.2) is 17.4 Å². The molecule has 0 bridgehead atoms. The molecule has 0 atom stereocenters. The van der Waals surface area contributed by atoms with Crippen LogP contribution in [0.5, 0.6) is 0 Å². The Hall–Kier alpha value is 1.31. The second kappa shape index (κ2) is 11.3. The molecular weight excluding hydrogens is 222 g/mol. The maximum absolute atomic E-state index is 8.74. The van der Waals surface area contributed by atoms with E-state index in [2.05, 4.69) is 0 Å². The van der Waals surface area contributed by atoms with Crippen molar-refractivity contribution in [1.29, 1.82) is 0 Å². The van der Waals surface area contributed by atoms with Crippen molar-refractivity contribution in [1.82, 2.24) is 0 Å². The van der Waals surface area contributed by atoms with E-state index in [0.717, 1.165) is 0 Å². The molecule has 0 unspecified atom stereocenters. The van der Waals surface area contributed by atoms with Gasteiger partial charge in [-0.1, -0.05) is 0 Å². The molecule has 0 amide bonds. The minimum absolute atomic E-state index is 0. The van der Waals surface area contributed by atoms with Gasteiger partial charge in [-0.3, -0.25) is 9.11 Å². The van der Waals surface area contributed by atoms with Crippen LogP contribution in [-0.4, -0.2) is 103 Å². The van der Waals surface area contributed by atoms with Gasteiger partial charge >= 0.3 is 67.9 Å². The molecule has 0 heterocycles. The molecule has 0 aromatic carbocycles. The standard InChI is InChI=1S/CH2O3.Al.K.H2O4S.4H/c2-1(3)4;;;1-5(2,3)4;;;;/h(H2,2,3,4);;;(H2,1,2,3,4);;;;. The van der Waals surface area contributed by atoms with E-state index in [-0.39, 0.29) is 68.7 Å². The van der Waals surface area contributed by atoms with Crippen molar-refractivity contribution in [3.05, 3.63) is 0 Å². The second-order valence-electron chi connectivity index (χ2n) is 0.730. The predicted octanol–water partition coefficient (Wildman–Crippen LogP) is -2.26. The van der Waals surface area contributed by atoms with Gasteiger partial charge in [-0.05, 0) is 0 Å². The molecule has 0 aromatic rings. The SMILES string of the molecule is O=C(O)O.O=S(=O)(O)O.[AlH3].[KH]. The van der Waals surface area contributed by atoms with Crippen LogP contribution in [0.1, 0.15) is 0 Å². The average molecular weight is 230 g/mol. The molecule has 10 heteroatoms. The Labute approximate surface area is 116 Å². The number of rotatable bonds is 0. The summed E-state index contributed by atoms with van der Waals surface area (Å²) in [5, 5.41) is 13.9. The zero-order valence-electron chi connectivity index (χ0n) is 3.92. The fourth-order valence-corrected chi connectivity index (χ4v) is 0. The van der Waals surface area contributed by atoms with Gasteiger partial charge in [-0.15, -0.1) is 0 Å². The molecule has 0 radical (unpaired) electrons. The zero-order chi connectivity index (χ0) is 8.08. The summed E-state index contributed by atoms with van der Waals surface area (Å²) in [6.07, 6.45) is -1.83. The topological polar surface area (TPSA) is 132 Å². The van der Waals surface area contributed by atoms with Gasteiger partial charge in [0.25, 0.3) is 0 Å². The van der Waals surface area contributed by atoms with Crippen molar-refractivity contribution in [2.24, 2.45) is 0 Å². The van der Waals surface area contributed by atoms with Crippen LogP contribution in [0.4, 0.5) is 4.79 Å². The molecule has 0 spiro atoms. The van der Waals surface area contributed by atoms with Crippen LogP contribution in [0, 0.1) is 0 Å². The molecule has 0 aromatic heterocycles. The van der Waals surface area contributed by atoms with Gasteiger partial charge in [0, 0.05) is 0 Å². The van der Waals surface area contributed by atoms with Crippen molar-refractivity contribution in [2.45, 2.75) is 0 Å². The van der Waals surface area contributed by atoms with E-state index in [9.17, 15) is 0 Å². The molecular formula is CH8AlKO7S. The van der Waals surface area contributed by atoms with Crippen molar-refractivity contribution in [2.75, 3.05) is 0 Å². The summed E-state index contributed by atoms with van der Waals surface area (Å²) in [6, 6.07) is 0. The summed E-state index contributed by atoms with van der Waals surface area (Å²) < 4.78 is 31.6. The van der Waals surface area contributed by atoms with Crippen LogP contribution in [0.3, 0.4) is 0 Å². The third-order valence-electron chi connectivity index (χ3n) is 0. The third-order valence-corrected chi connectivity index (χ3v) is 0. The van der Waals surface area contributed by atoms with Gasteiger partial charge in [0.05, 0.1) is 0 Å². The van der Waals surface area contributed by atoms with Gasteiger partial charge in [-0.25, -0.2) is 4.79 Å². The molecule has 7 nitrogen and oxygen atoms in total. The van der Waals surface area contributed by atoms with Crippen molar-refractivity contribution >= 4 is 85.3 Å². The molecule has 0 rings (SSSR count). The molecule has 0 aliphatic carbocycles. The first-order valence-corrected chi connectivity index (χ1v) is 2.75. The van der Waals surface area contributed by atoms with Crippen LogP contribution in [-0.2, 0) is 10.4 Å². The Morgan fingerprint density at radius 3 is 1.09 bits per heavy atom. The summed E-state index contributed by atoms with van der Waals surface area (Å²) in [5.74, 6) is 0. The van der Waals surface area contributed by atoms with E-state index in [1.54, 1.807) is 0 Å². The molecule has 0 saturated carbocycles. The Balaban J connectivity index is -0.0000000383. The quantitative estimate of drug-likeness (QED) is 0.272. The number of hydrogen-bond donors (Lipinski definition) is 4. The van der Waals surface area contributed by atoms with Gasteiger partial charge in [-0.2, -0.15) is 8.42 Å². The molecule has 0 aliphatic rings. The first kappa shape index (κ1) is 22.8. The monoisotopic (exact) mass is 230 g/mol. The van der Waals surface area contributed by atoms with Crippen LogP contribution in [0.25, 0.3) is 0 Å². The van der Waals surface area contributed by atoms with E-state index < -0.39 is 16.6 Å². The summed E-state index contributed by atoms with van der Waals surface area (Å²) in [4.78, 5) is 8.56. The van der Waals surface area contributed by atoms with Crippen LogP contribution in [0.2, 0.25) is 0 Å². The van der Waals surface area contributed by atoms with Gasteiger partial charge in [0.2, 0.25) is 0 Å². The fraction of sp³-hybridized carbons (Fsp3) is 0. The summed E-state index contributed by atoms with van der Waals surface area (Å²) >= 11 is 0. The Morgan fingerprint density at radius 2 is 1.09 bits per heavy atom. The van der Waals surface area contributed by atoms with Crippen LogP contribution >= 0.6 is 0 Å². The molecule has 11 heavy (non-hydrogen) atoms. The first-order valence-electron chi connectivity index (χ1n) is 1.35. The Kier molecular flexibility index (Phi) is 23.4. The predicted molar refractivity (Wildman–Crippen MR) is 41.9 cm³/mol. The average Bonchev–Trinajstić information content (AvgIpc) is 1.19. The summed E-state index contributed by atoms with van der Waals surface area (Å²) in [5.41, 5.74) is 0. The van der Waals surface area contributed by atoms with E-state index in [1.165, 1.54) is 0 Å². The molecule has 4 N–H and O–H groups in total. The summed E-state index contributed by atoms with van der Waals surface area (Å²) in [6.45, 7) is 0. The second-order valence-corrected chi connectivity index (χ2v) is 1.63. The Morgan fingerprint density at radius 1 is 1.09 bits per heavy atom. The number of hydrogen-bond acceptors (Lipinski definition) is 3. The zero-order valence-corrected chi connectivity index (χ0v) is 4.74. The van der Waals surface area contributed by atoms with Crippen LogP contribution in [0.15, 0.2) is 0 Å². The Bertz CT molecular complexity index is 161. The molecule has 0 saturated heterocycles. The van der Waals surface area contributed by atoms with E-state index in [4.69, 9.17) is 32.5 Å². The van der Waals surface area contributed by atoms with Crippen LogP contribution < -0.4 is 0 Å². The number of carboxylic acid groups (broad SMARTS) is 2. The molecule has 64 valence electrons. The fourth-order valence-electron chi connectivity index (χ4n) is 0. The van der Waals surface area contributed by atoms with Crippen molar-refractivity contribution in [3.63, 3.8) is 0 Å². The summed E-state index contributed by atoms with van der Waals surface area (Å²) in [7, 11) is -4.67. The molecule has 0 aliphatic heterocycles. The van der Waals surface area contributed by atoms with E-state index in [0.29, 0.717) is 0 Å². The van der Waals surface area contributed by atoms with Crippen molar-refractivity contribution < 1.29 is 32.5 Å². The van der Waals surface area contributed by atoms with E-state index >= 15 is 0 Å². The number of carbonyl (C=O) groups is 1. The first-order chi connectivity index (χ1) is 3.73. The normalized spacial score (nSPS) is 7.45. The van der Waals surface area contributed by atoms with Crippen molar-refractivity contribution in [3.8, 4) is 0 Å². The van der Waals surface area contributed by atoms with Gasteiger partial charge in [0.1, 0.15) is 0 Å². The van der Waals surface area contributed by atoms with E-state index in [1.807, 2.05) is 0 Å². The third kappa shape index (κ3) is 572. The molecule has 0 fully saturated rings. The minimum atomic E-state index is -4.67.